The topological polar surface area (TPSA) is 92.8 Å². The summed E-state index contributed by atoms with van der Waals surface area (Å²) < 4.78 is 37.8. The van der Waals surface area contributed by atoms with E-state index >= 15 is 0 Å². The molecule has 222 valence electrons. The molecule has 0 aromatic rings. The largest absolute Gasteiger partial charge is 0.459 e. The Labute approximate surface area is 232 Å². The van der Waals surface area contributed by atoms with Crippen molar-refractivity contribution in [2.45, 2.75) is 148 Å². The van der Waals surface area contributed by atoms with E-state index in [1.807, 2.05) is 20.8 Å². The maximum absolute atomic E-state index is 14.0. The molecule has 2 aliphatic rings. The second-order valence-electron chi connectivity index (χ2n) is 15.1. The molecule has 1 amide bonds. The lowest BCUT2D eigenvalue weighted by molar-refractivity contribution is -0.217. The molecule has 0 radical (unpaired) electrons. The SMILES string of the molecule is CC(C)(C)OC(=O)N1[C@@H](CO[Si](C)(C)C(C)(C)C)[C@@H](OC=O)[C@@H]2OC(C)(C)O[C@@]21CO[Si](C)(C)C(C)(C)C. The molecule has 0 bridgehead atoms. The molecule has 0 aromatic carbocycles. The van der Waals surface area contributed by atoms with E-state index in [2.05, 4.69) is 67.7 Å². The number of nitrogens with zero attached hydrogens (tertiary/aromatic N) is 1. The van der Waals surface area contributed by atoms with Gasteiger partial charge in [0, 0.05) is 0 Å². The summed E-state index contributed by atoms with van der Waals surface area (Å²) >= 11 is 0. The molecule has 0 saturated carbocycles. The number of hydrogen-bond acceptors (Lipinski definition) is 8. The first kappa shape index (κ1) is 33.2. The number of hydrogen-bond donors (Lipinski definition) is 0. The Morgan fingerprint density at radius 1 is 0.921 bits per heavy atom. The quantitative estimate of drug-likeness (QED) is 0.256. The van der Waals surface area contributed by atoms with E-state index in [0.29, 0.717) is 6.47 Å². The van der Waals surface area contributed by atoms with Gasteiger partial charge in [-0.2, -0.15) is 0 Å². The van der Waals surface area contributed by atoms with Crippen molar-refractivity contribution in [3.63, 3.8) is 0 Å². The predicted molar refractivity (Wildman–Crippen MR) is 152 cm³/mol. The molecular formula is C27H53NO8Si2. The van der Waals surface area contributed by atoms with E-state index in [0.717, 1.165) is 0 Å². The van der Waals surface area contributed by atoms with Gasteiger partial charge in [-0.15, -0.1) is 0 Å². The minimum atomic E-state index is -2.28. The van der Waals surface area contributed by atoms with Crippen molar-refractivity contribution in [1.29, 1.82) is 0 Å². The van der Waals surface area contributed by atoms with Crippen LogP contribution < -0.4 is 0 Å². The maximum Gasteiger partial charge on any atom is 0.413 e. The first-order valence-corrected chi connectivity index (χ1v) is 19.4. The van der Waals surface area contributed by atoms with E-state index in [1.165, 1.54) is 4.90 Å². The summed E-state index contributed by atoms with van der Waals surface area (Å²) in [6, 6.07) is -0.701. The van der Waals surface area contributed by atoms with Gasteiger partial charge in [0.15, 0.2) is 34.6 Å². The first-order chi connectivity index (χ1) is 16.8. The molecule has 0 aliphatic carbocycles. The van der Waals surface area contributed by atoms with Gasteiger partial charge in [0.1, 0.15) is 5.60 Å². The van der Waals surface area contributed by atoms with Crippen LogP contribution in [0, 0.1) is 0 Å². The molecule has 9 nitrogen and oxygen atoms in total. The highest BCUT2D eigenvalue weighted by Crippen LogP contribution is 2.50. The van der Waals surface area contributed by atoms with Crippen molar-refractivity contribution in [2.75, 3.05) is 13.2 Å². The van der Waals surface area contributed by atoms with Gasteiger partial charge in [-0.3, -0.25) is 9.69 Å². The fourth-order valence-corrected chi connectivity index (χ4v) is 6.25. The molecule has 0 unspecified atom stereocenters. The van der Waals surface area contributed by atoms with Crippen LogP contribution in [0.5, 0.6) is 0 Å². The van der Waals surface area contributed by atoms with Crippen molar-refractivity contribution in [3.8, 4) is 0 Å². The Kier molecular flexibility index (Phi) is 9.13. The van der Waals surface area contributed by atoms with Gasteiger partial charge in [-0.1, -0.05) is 41.5 Å². The molecule has 11 heteroatoms. The Hall–Kier alpha value is -0.986. The van der Waals surface area contributed by atoms with Crippen LogP contribution in [-0.4, -0.2) is 82.7 Å². The van der Waals surface area contributed by atoms with E-state index in [9.17, 15) is 9.59 Å². The molecular weight excluding hydrogens is 522 g/mol. The van der Waals surface area contributed by atoms with Crippen molar-refractivity contribution in [3.05, 3.63) is 0 Å². The lowest BCUT2D eigenvalue weighted by atomic mass is 10.1. The third kappa shape index (κ3) is 6.83. The zero-order chi connectivity index (χ0) is 29.8. The second kappa shape index (κ2) is 10.4. The van der Waals surface area contributed by atoms with Gasteiger partial charge < -0.3 is 27.8 Å². The smallest absolute Gasteiger partial charge is 0.413 e. The summed E-state index contributed by atoms with van der Waals surface area (Å²) in [5.41, 5.74) is -2.14. The van der Waals surface area contributed by atoms with Crippen LogP contribution in [0.2, 0.25) is 36.3 Å². The lowest BCUT2D eigenvalue weighted by Crippen LogP contribution is -2.61. The van der Waals surface area contributed by atoms with Gasteiger partial charge >= 0.3 is 6.09 Å². The molecule has 0 spiro atoms. The van der Waals surface area contributed by atoms with Crippen molar-refractivity contribution >= 4 is 29.2 Å². The van der Waals surface area contributed by atoms with Crippen LogP contribution in [-0.2, 0) is 32.6 Å². The Bertz CT molecular complexity index is 872. The van der Waals surface area contributed by atoms with Crippen LogP contribution in [0.15, 0.2) is 0 Å². The molecule has 2 aliphatic heterocycles. The Morgan fingerprint density at radius 2 is 1.42 bits per heavy atom. The maximum atomic E-state index is 14.0. The fraction of sp³-hybridized carbons (Fsp3) is 0.926. The summed E-state index contributed by atoms with van der Waals surface area (Å²) in [5, 5.41) is -0.135. The zero-order valence-electron chi connectivity index (χ0n) is 26.4. The van der Waals surface area contributed by atoms with Crippen LogP contribution in [0.25, 0.3) is 0 Å². The highest BCUT2D eigenvalue weighted by Gasteiger charge is 2.71. The van der Waals surface area contributed by atoms with Gasteiger partial charge in [0.05, 0.1) is 19.3 Å². The number of carbonyl (C=O) groups excluding carboxylic acids is 2. The van der Waals surface area contributed by atoms with E-state index < -0.39 is 58.1 Å². The minimum Gasteiger partial charge on any atom is -0.459 e. The minimum absolute atomic E-state index is 0.0478. The molecule has 0 N–H and O–H groups in total. The Balaban J connectivity index is 2.65. The zero-order valence-corrected chi connectivity index (χ0v) is 28.4. The van der Waals surface area contributed by atoms with E-state index in [-0.39, 0.29) is 23.3 Å². The summed E-state index contributed by atoms with van der Waals surface area (Å²) in [6.07, 6.45) is -2.23. The molecule has 38 heavy (non-hydrogen) atoms. The highest BCUT2D eigenvalue weighted by atomic mass is 28.4. The summed E-state index contributed by atoms with van der Waals surface area (Å²) in [5.74, 6) is -1.06. The summed E-state index contributed by atoms with van der Waals surface area (Å²) in [6.45, 7) is 31.1. The summed E-state index contributed by atoms with van der Waals surface area (Å²) in [7, 11) is -4.51. The van der Waals surface area contributed by atoms with Crippen LogP contribution >= 0.6 is 0 Å². The standard InChI is InChI=1S/C27H53NO8Si2/c1-23(2,3)35-22(30)28-19(16-32-37(12,13)24(4,5)6)20(31-18-29)21-27(28,36-26(10,11)34-21)17-33-38(14,15)25(7,8)9/h18-21H,16-17H2,1-15H3/t19-,20+,21-,27-/m0/s1. The van der Waals surface area contributed by atoms with E-state index in [1.54, 1.807) is 13.8 Å². The summed E-state index contributed by atoms with van der Waals surface area (Å²) in [4.78, 5) is 27.3. The monoisotopic (exact) mass is 575 g/mol. The van der Waals surface area contributed by atoms with Gasteiger partial charge in [0.25, 0.3) is 6.47 Å². The van der Waals surface area contributed by atoms with Gasteiger partial charge in [0.2, 0.25) is 5.72 Å². The predicted octanol–water partition coefficient (Wildman–Crippen LogP) is 6.04. The van der Waals surface area contributed by atoms with Gasteiger partial charge in [-0.05, 0) is 70.9 Å². The average molecular weight is 576 g/mol. The van der Waals surface area contributed by atoms with E-state index in [4.69, 9.17) is 27.8 Å². The molecule has 2 saturated heterocycles. The first-order valence-electron chi connectivity index (χ1n) is 13.6. The van der Waals surface area contributed by atoms with Crippen LogP contribution in [0.1, 0.15) is 76.2 Å². The Morgan fingerprint density at radius 3 is 1.87 bits per heavy atom. The number of rotatable bonds is 8. The average Bonchev–Trinajstić information content (AvgIpc) is 3.08. The molecule has 2 heterocycles. The second-order valence-corrected chi connectivity index (χ2v) is 24.7. The normalized spacial score (nSPS) is 28.3. The number of amides is 1. The molecule has 0 aromatic heterocycles. The van der Waals surface area contributed by atoms with Crippen molar-refractivity contribution in [1.82, 2.24) is 4.90 Å². The molecule has 4 atom stereocenters. The molecule has 2 rings (SSSR count). The van der Waals surface area contributed by atoms with Gasteiger partial charge in [-0.25, -0.2) is 4.79 Å². The van der Waals surface area contributed by atoms with Crippen molar-refractivity contribution in [2.24, 2.45) is 0 Å². The lowest BCUT2D eigenvalue weighted by Gasteiger charge is -2.44. The third-order valence-corrected chi connectivity index (χ3v) is 17.3. The van der Waals surface area contributed by atoms with Crippen LogP contribution in [0.4, 0.5) is 4.79 Å². The third-order valence-electron chi connectivity index (χ3n) is 8.36. The highest BCUT2D eigenvalue weighted by molar-refractivity contribution is 6.74. The fourth-order valence-electron chi connectivity index (χ4n) is 4.23. The number of likely N-dealkylation sites (tertiary alicyclic amines) is 1. The number of ether oxygens (including phenoxy) is 4. The molecule has 2 fully saturated rings. The van der Waals surface area contributed by atoms with Crippen LogP contribution in [0.3, 0.4) is 0 Å². The number of fused-ring (bicyclic) bond motifs is 1. The number of carbonyl (C=O) groups is 2. The van der Waals surface area contributed by atoms with Crippen molar-refractivity contribution < 1.29 is 37.4 Å².